The van der Waals surface area contributed by atoms with Crippen LogP contribution in [0.25, 0.3) is 11.0 Å². The molecule has 1 fully saturated rings. The summed E-state index contributed by atoms with van der Waals surface area (Å²) < 4.78 is 37.9. The number of fused-ring (bicyclic) bond motifs is 1. The number of halogens is 2. The number of hydrogen-bond acceptors (Lipinski definition) is 6. The number of carbonyl (C=O) groups is 1. The first kappa shape index (κ1) is 24.4. The molecule has 2 aromatic carbocycles. The number of alkyl halides is 2. The molecule has 0 spiro atoms. The van der Waals surface area contributed by atoms with Crippen molar-refractivity contribution in [2.75, 3.05) is 36.5 Å². The molecular weight excluding hydrogens is 462 g/mol. The highest BCUT2D eigenvalue weighted by Crippen LogP contribution is 2.35. The van der Waals surface area contributed by atoms with Crippen LogP contribution < -0.4 is 9.62 Å². The van der Waals surface area contributed by atoms with Crippen molar-refractivity contribution in [1.82, 2.24) is 9.55 Å². The largest absolute Gasteiger partial charge is 0.387 e. The number of amides is 1. The minimum atomic E-state index is -3.04. The summed E-state index contributed by atoms with van der Waals surface area (Å²) >= 11 is 1.46. The molecule has 0 atom stereocenters. The van der Waals surface area contributed by atoms with Crippen molar-refractivity contribution in [3.63, 3.8) is 0 Å². The van der Waals surface area contributed by atoms with E-state index in [1.165, 1.54) is 11.9 Å². The van der Waals surface area contributed by atoms with Gasteiger partial charge in [-0.15, -0.1) is 0 Å². The lowest BCUT2D eigenvalue weighted by Gasteiger charge is -2.24. The van der Waals surface area contributed by atoms with Crippen molar-refractivity contribution >= 4 is 40.3 Å². The third-order valence-electron chi connectivity index (χ3n) is 5.79. The Morgan fingerprint density at radius 1 is 1.26 bits per heavy atom. The molecule has 3 aromatic rings. The summed E-state index contributed by atoms with van der Waals surface area (Å²) in [5.41, 5.74) is 2.66. The molecule has 1 aliphatic heterocycles. The number of aromatic nitrogens is 2. The fraction of sp³-hybridized carbons (Fsp3) is 0.417. The number of carbonyl (C=O) groups excluding carboxylic acids is 1. The van der Waals surface area contributed by atoms with Crippen LogP contribution in [-0.4, -0.2) is 47.4 Å². The van der Waals surface area contributed by atoms with E-state index < -0.39 is 18.4 Å². The van der Waals surface area contributed by atoms with E-state index in [4.69, 9.17) is 9.84 Å². The van der Waals surface area contributed by atoms with E-state index in [1.807, 2.05) is 41.7 Å². The van der Waals surface area contributed by atoms with Crippen molar-refractivity contribution in [3.8, 4) is 0 Å². The van der Waals surface area contributed by atoms with Gasteiger partial charge < -0.3 is 24.0 Å². The zero-order valence-electron chi connectivity index (χ0n) is 19.1. The Labute approximate surface area is 201 Å². The molecule has 1 aromatic heterocycles. The lowest BCUT2D eigenvalue weighted by Crippen LogP contribution is -2.24. The van der Waals surface area contributed by atoms with Crippen molar-refractivity contribution in [2.45, 2.75) is 37.1 Å². The van der Waals surface area contributed by atoms with Gasteiger partial charge in [-0.05, 0) is 73.2 Å². The molecule has 1 amide bonds. The van der Waals surface area contributed by atoms with Crippen LogP contribution in [0.1, 0.15) is 25.6 Å². The van der Waals surface area contributed by atoms with E-state index in [-0.39, 0.29) is 11.7 Å². The van der Waals surface area contributed by atoms with Crippen LogP contribution in [-0.2, 0) is 22.0 Å². The maximum absolute atomic E-state index is 14.4. The average Bonchev–Trinajstić information content (AvgIpc) is 3.19. The number of nitrogens with one attached hydrogen (secondary N) is 1. The van der Waals surface area contributed by atoms with Gasteiger partial charge in [0.15, 0.2) is 5.82 Å². The van der Waals surface area contributed by atoms with Gasteiger partial charge in [-0.1, -0.05) is 0 Å². The molecule has 2 heterocycles. The maximum atomic E-state index is 14.4. The van der Waals surface area contributed by atoms with Crippen LogP contribution in [0.5, 0.6) is 0 Å². The SMILES string of the molecule is CN(Sc1ccc(NC(=O)CO)cc1)c1ccc2c(c1)nc(C(C)(F)F)n2CC1CCOCC1. The minimum absolute atomic E-state index is 0.207. The summed E-state index contributed by atoms with van der Waals surface area (Å²) in [4.78, 5) is 16.6. The van der Waals surface area contributed by atoms with Gasteiger partial charge in [-0.25, -0.2) is 4.98 Å². The standard InChI is InChI=1S/C24H28F2N4O3S/c1-24(25,26)23-28-20-13-18(5-8-21(20)30(23)14-16-9-11-33-12-10-16)29(2)34-19-6-3-17(4-7-19)27-22(32)15-31/h3-8,13,16,31H,9-12,14-15H2,1-2H3,(H,27,32). The zero-order valence-corrected chi connectivity index (χ0v) is 19.9. The number of anilines is 2. The second kappa shape index (κ2) is 10.3. The fourth-order valence-corrected chi connectivity index (χ4v) is 4.82. The first-order valence-corrected chi connectivity index (χ1v) is 11.9. The van der Waals surface area contributed by atoms with E-state index in [0.717, 1.165) is 30.3 Å². The Morgan fingerprint density at radius 2 is 1.97 bits per heavy atom. The summed E-state index contributed by atoms with van der Waals surface area (Å²) in [6, 6.07) is 12.8. The Morgan fingerprint density at radius 3 is 2.62 bits per heavy atom. The second-order valence-electron chi connectivity index (χ2n) is 8.48. The molecule has 4 rings (SSSR count). The number of rotatable bonds is 8. The van der Waals surface area contributed by atoms with Crippen LogP contribution in [0.4, 0.5) is 20.2 Å². The highest BCUT2D eigenvalue weighted by atomic mass is 32.2. The summed E-state index contributed by atoms with van der Waals surface area (Å²) in [6.45, 7) is 2.15. The van der Waals surface area contributed by atoms with Gasteiger partial charge >= 0.3 is 5.92 Å². The molecule has 2 N–H and O–H groups in total. The molecule has 182 valence electrons. The Hall–Kier alpha value is -2.69. The van der Waals surface area contributed by atoms with Crippen molar-refractivity contribution < 1.29 is 23.4 Å². The molecule has 0 saturated carbocycles. The number of ether oxygens (including phenoxy) is 1. The first-order valence-electron chi connectivity index (χ1n) is 11.1. The van der Waals surface area contributed by atoms with Crippen LogP contribution >= 0.6 is 11.9 Å². The quantitative estimate of drug-likeness (QED) is 0.448. The van der Waals surface area contributed by atoms with Crippen molar-refractivity contribution in [3.05, 3.63) is 48.3 Å². The van der Waals surface area contributed by atoms with Gasteiger partial charge in [-0.3, -0.25) is 4.79 Å². The molecule has 7 nitrogen and oxygen atoms in total. The highest BCUT2D eigenvalue weighted by Gasteiger charge is 2.33. The Bertz CT molecular complexity index is 1140. The maximum Gasteiger partial charge on any atom is 0.302 e. The number of aliphatic hydroxyl groups excluding tert-OH is 1. The predicted molar refractivity (Wildman–Crippen MR) is 129 cm³/mol. The second-order valence-corrected chi connectivity index (χ2v) is 9.68. The van der Waals surface area contributed by atoms with Crippen molar-refractivity contribution in [2.24, 2.45) is 5.92 Å². The molecule has 1 saturated heterocycles. The monoisotopic (exact) mass is 490 g/mol. The lowest BCUT2D eigenvalue weighted by molar-refractivity contribution is -0.118. The molecule has 34 heavy (non-hydrogen) atoms. The molecule has 0 radical (unpaired) electrons. The summed E-state index contributed by atoms with van der Waals surface area (Å²) in [6.07, 6.45) is 1.71. The van der Waals surface area contributed by atoms with Gasteiger partial charge in [0.25, 0.3) is 0 Å². The van der Waals surface area contributed by atoms with E-state index in [2.05, 4.69) is 10.3 Å². The Balaban J connectivity index is 1.54. The zero-order chi connectivity index (χ0) is 24.3. The summed E-state index contributed by atoms with van der Waals surface area (Å²) in [5, 5.41) is 11.4. The Kier molecular flexibility index (Phi) is 7.39. The van der Waals surface area contributed by atoms with Gasteiger partial charge in [-0.2, -0.15) is 8.78 Å². The minimum Gasteiger partial charge on any atom is -0.387 e. The summed E-state index contributed by atoms with van der Waals surface area (Å²) in [7, 11) is 1.89. The van der Waals surface area contributed by atoms with E-state index in [1.54, 1.807) is 16.7 Å². The fourth-order valence-electron chi connectivity index (χ4n) is 4.03. The summed E-state index contributed by atoms with van der Waals surface area (Å²) in [5.74, 6) is -3.44. The van der Waals surface area contributed by atoms with E-state index >= 15 is 0 Å². The van der Waals surface area contributed by atoms with Gasteiger partial charge in [0, 0.05) is 50.0 Å². The predicted octanol–water partition coefficient (Wildman–Crippen LogP) is 4.65. The number of benzene rings is 2. The van der Waals surface area contributed by atoms with Crippen molar-refractivity contribution in [1.29, 1.82) is 0 Å². The lowest BCUT2D eigenvalue weighted by atomic mass is 10.00. The van der Waals surface area contributed by atoms with Crippen LogP contribution in [0, 0.1) is 5.92 Å². The third-order valence-corrected chi connectivity index (χ3v) is 6.76. The number of imidazole rings is 1. The molecular formula is C24H28F2N4O3S. The molecule has 10 heteroatoms. The van der Waals surface area contributed by atoms with E-state index in [9.17, 15) is 13.6 Å². The normalized spacial score (nSPS) is 15.0. The molecule has 0 unspecified atom stereocenters. The van der Waals surface area contributed by atoms with Crippen LogP contribution in [0.2, 0.25) is 0 Å². The first-order chi connectivity index (χ1) is 16.2. The molecule has 0 bridgehead atoms. The van der Waals surface area contributed by atoms with Gasteiger partial charge in [0.1, 0.15) is 6.61 Å². The molecule has 0 aliphatic carbocycles. The topological polar surface area (TPSA) is 79.6 Å². The highest BCUT2D eigenvalue weighted by molar-refractivity contribution is 8.00. The number of nitrogens with zero attached hydrogens (tertiary/aromatic N) is 3. The molecule has 1 aliphatic rings. The smallest absolute Gasteiger partial charge is 0.302 e. The van der Waals surface area contributed by atoms with E-state index in [0.29, 0.717) is 36.5 Å². The van der Waals surface area contributed by atoms with Gasteiger partial charge in [0.2, 0.25) is 5.91 Å². The van der Waals surface area contributed by atoms with Gasteiger partial charge in [0.05, 0.1) is 11.0 Å². The van der Waals surface area contributed by atoms with Crippen LogP contribution in [0.15, 0.2) is 47.4 Å². The third kappa shape index (κ3) is 5.68. The average molecular weight is 491 g/mol. The number of aliphatic hydroxyl groups is 1. The number of hydrogen-bond donors (Lipinski definition) is 2. The van der Waals surface area contributed by atoms with Crippen LogP contribution in [0.3, 0.4) is 0 Å².